The van der Waals surface area contributed by atoms with Crippen LogP contribution in [0.25, 0.3) is 0 Å². The molecule has 0 saturated carbocycles. The summed E-state index contributed by atoms with van der Waals surface area (Å²) in [5, 5.41) is 6.84. The van der Waals surface area contributed by atoms with Crippen molar-refractivity contribution in [2.24, 2.45) is 11.3 Å². The van der Waals surface area contributed by atoms with E-state index in [4.69, 9.17) is 23.2 Å². The minimum atomic E-state index is -1.30. The predicted molar refractivity (Wildman–Crippen MR) is 151 cm³/mol. The van der Waals surface area contributed by atoms with Gasteiger partial charge in [0.15, 0.2) is 5.78 Å². The number of ketones is 1. The fraction of sp³-hybridized carbons (Fsp3) is 0.533. The van der Waals surface area contributed by atoms with Gasteiger partial charge in [-0.3, -0.25) is 9.59 Å². The Kier molecular flexibility index (Phi) is 7.59. The van der Waals surface area contributed by atoms with Gasteiger partial charge in [-0.2, -0.15) is 0 Å². The highest BCUT2D eigenvalue weighted by atomic mass is 35.5. The molecule has 2 aromatic rings. The van der Waals surface area contributed by atoms with Crippen LogP contribution >= 0.6 is 23.2 Å². The molecule has 0 aliphatic carbocycles. The molecule has 5 rings (SSSR count). The second-order valence-corrected chi connectivity index (χ2v) is 13.4. The zero-order chi connectivity index (χ0) is 28.3. The van der Waals surface area contributed by atoms with Gasteiger partial charge in [0.25, 0.3) is 0 Å². The first-order chi connectivity index (χ1) is 18.3. The zero-order valence-electron chi connectivity index (χ0n) is 22.7. The van der Waals surface area contributed by atoms with Gasteiger partial charge >= 0.3 is 0 Å². The van der Waals surface area contributed by atoms with Crippen LogP contribution in [0.1, 0.15) is 57.1 Å². The van der Waals surface area contributed by atoms with Crippen molar-refractivity contribution in [3.05, 3.63) is 63.4 Å². The zero-order valence-corrected chi connectivity index (χ0v) is 24.2. The van der Waals surface area contributed by atoms with Crippen molar-refractivity contribution in [1.29, 1.82) is 0 Å². The summed E-state index contributed by atoms with van der Waals surface area (Å²) in [5.74, 6) is -2.52. The van der Waals surface area contributed by atoms with E-state index in [0.29, 0.717) is 35.7 Å². The molecule has 1 spiro atoms. The third kappa shape index (κ3) is 5.01. The average Bonchev–Trinajstić information content (AvgIpc) is 3.31. The molecule has 2 fully saturated rings. The monoisotopic (exact) mass is 577 g/mol. The summed E-state index contributed by atoms with van der Waals surface area (Å²) in [6.45, 7) is 7.17. The molecule has 0 bridgehead atoms. The Labute approximate surface area is 238 Å². The van der Waals surface area contributed by atoms with E-state index in [9.17, 15) is 9.59 Å². The summed E-state index contributed by atoms with van der Waals surface area (Å²) in [6.07, 6.45) is -0.0265. The van der Waals surface area contributed by atoms with E-state index in [1.54, 1.807) is 30.3 Å². The van der Waals surface area contributed by atoms with Crippen molar-refractivity contribution in [2.75, 3.05) is 25.5 Å². The van der Waals surface area contributed by atoms with Crippen molar-refractivity contribution in [2.45, 2.75) is 69.6 Å². The normalized spacial score (nSPS) is 31.0. The first kappa shape index (κ1) is 28.5. The first-order valence-corrected chi connectivity index (χ1v) is 14.2. The second kappa shape index (κ2) is 10.4. The van der Waals surface area contributed by atoms with E-state index in [1.165, 1.54) is 6.07 Å². The molecule has 39 heavy (non-hydrogen) atoms. The molecule has 3 aliphatic rings. The molecule has 2 N–H and O–H groups in total. The van der Waals surface area contributed by atoms with E-state index in [2.05, 4.69) is 31.4 Å². The number of rotatable bonds is 5. The third-order valence-corrected chi connectivity index (χ3v) is 9.15. The van der Waals surface area contributed by atoms with Gasteiger partial charge in [-0.15, -0.1) is 0 Å². The average molecular weight is 579 g/mol. The number of nitrogens with zero attached hydrogens (tertiary/aromatic N) is 1. The maximum atomic E-state index is 15.8. The fourth-order valence-corrected chi connectivity index (χ4v) is 7.28. The van der Waals surface area contributed by atoms with E-state index >= 15 is 8.78 Å². The van der Waals surface area contributed by atoms with Crippen molar-refractivity contribution in [1.82, 2.24) is 10.2 Å². The first-order valence-electron chi connectivity index (χ1n) is 13.5. The maximum Gasteiger partial charge on any atom is 0.237 e. The van der Waals surface area contributed by atoms with Crippen LogP contribution in [-0.2, 0) is 15.0 Å². The fourth-order valence-electron chi connectivity index (χ4n) is 6.92. The molecule has 0 aromatic heterocycles. The van der Waals surface area contributed by atoms with Gasteiger partial charge < -0.3 is 15.5 Å². The van der Waals surface area contributed by atoms with Crippen molar-refractivity contribution >= 4 is 40.6 Å². The van der Waals surface area contributed by atoms with Gasteiger partial charge in [0.2, 0.25) is 5.91 Å². The minimum absolute atomic E-state index is 0.0127. The van der Waals surface area contributed by atoms with Crippen LogP contribution in [0, 0.1) is 17.2 Å². The van der Waals surface area contributed by atoms with Crippen LogP contribution in [0.3, 0.4) is 0 Å². The Morgan fingerprint density at radius 2 is 1.95 bits per heavy atom. The smallest absolute Gasteiger partial charge is 0.237 e. The molecule has 9 heteroatoms. The number of anilines is 1. The Hall–Kier alpha value is -2.06. The standard InChI is InChI=1S/C30H35Cl2F2N3O2/c1-29(2,3)14-24-30(19-9-8-17(31)13-22(19)35-28(30)39)25(18-6-5-7-20(32)26(18)34)27(36-24)23(38)12-16-10-11-37(4)15-21(16)33/h5-9,13,16,21,24-25,27,36H,10-12,14-15H2,1-4H3,(H,35,39)/t16-,21-,24+,25-,27-,30-/m0/s1. The van der Waals surface area contributed by atoms with Crippen LogP contribution < -0.4 is 10.6 Å². The van der Waals surface area contributed by atoms with Crippen molar-refractivity contribution in [3.63, 3.8) is 0 Å². The molecule has 2 aromatic carbocycles. The van der Waals surface area contributed by atoms with Crippen LogP contribution in [0.2, 0.25) is 10.0 Å². The van der Waals surface area contributed by atoms with Crippen LogP contribution in [0.4, 0.5) is 14.5 Å². The molecule has 3 heterocycles. The van der Waals surface area contributed by atoms with E-state index < -0.39 is 41.3 Å². The number of benzene rings is 2. The van der Waals surface area contributed by atoms with Gasteiger partial charge in [-0.05, 0) is 67.1 Å². The van der Waals surface area contributed by atoms with Crippen LogP contribution in [0.5, 0.6) is 0 Å². The number of carbonyl (C=O) groups is 2. The lowest BCUT2D eigenvalue weighted by molar-refractivity contribution is -0.123. The van der Waals surface area contributed by atoms with Gasteiger partial charge in [0, 0.05) is 35.6 Å². The number of carbonyl (C=O) groups excluding carboxylic acids is 2. The van der Waals surface area contributed by atoms with Gasteiger partial charge in [0.05, 0.1) is 11.1 Å². The molecular formula is C30H35Cl2F2N3O2. The lowest BCUT2D eigenvalue weighted by Gasteiger charge is -2.38. The highest BCUT2D eigenvalue weighted by Crippen LogP contribution is 2.57. The molecule has 0 unspecified atom stereocenters. The number of Topliss-reactive ketones (excluding diaryl/α,β-unsaturated/α-hetero) is 1. The molecule has 6 atom stereocenters. The number of likely N-dealkylation sites (tertiary alicyclic amines) is 1. The number of hydrogen-bond acceptors (Lipinski definition) is 4. The van der Waals surface area contributed by atoms with Gasteiger partial charge in [-0.1, -0.05) is 62.2 Å². The summed E-state index contributed by atoms with van der Waals surface area (Å²) in [5.41, 5.74) is -0.120. The summed E-state index contributed by atoms with van der Waals surface area (Å²) >= 11 is 12.5. The summed E-state index contributed by atoms with van der Waals surface area (Å²) in [4.78, 5) is 30.2. The van der Waals surface area contributed by atoms with E-state index in [0.717, 1.165) is 0 Å². The quantitative estimate of drug-likeness (QED) is 0.448. The number of piperidine rings is 1. The third-order valence-electron chi connectivity index (χ3n) is 8.63. The topological polar surface area (TPSA) is 61.4 Å². The molecular weight excluding hydrogens is 543 g/mol. The Balaban J connectivity index is 1.67. The Morgan fingerprint density at radius 3 is 2.64 bits per heavy atom. The number of hydrogen-bond donors (Lipinski definition) is 2. The van der Waals surface area contributed by atoms with Gasteiger partial charge in [-0.25, -0.2) is 8.78 Å². The molecule has 2 saturated heterocycles. The number of halogens is 4. The lowest BCUT2D eigenvalue weighted by atomic mass is 9.62. The SMILES string of the molecule is CN1CC[C@@H](CC(=O)[C@@H]2N[C@H](CC(C)(C)C)[C@]3(C(=O)Nc4cc(Cl)ccc43)[C@H]2c2cccc(Cl)c2F)[C@@H](F)C1. The highest BCUT2D eigenvalue weighted by molar-refractivity contribution is 6.31. The number of alkyl halides is 1. The largest absolute Gasteiger partial charge is 0.325 e. The van der Waals surface area contributed by atoms with Gasteiger partial charge in [0.1, 0.15) is 17.4 Å². The summed E-state index contributed by atoms with van der Waals surface area (Å²) < 4.78 is 30.8. The van der Waals surface area contributed by atoms with Crippen LogP contribution in [0.15, 0.2) is 36.4 Å². The molecule has 0 radical (unpaired) electrons. The summed E-state index contributed by atoms with van der Waals surface area (Å²) in [7, 11) is 1.87. The number of nitrogens with one attached hydrogen (secondary N) is 2. The maximum absolute atomic E-state index is 15.8. The molecule has 210 valence electrons. The number of amides is 1. The molecule has 1 amide bonds. The number of fused-ring (bicyclic) bond motifs is 2. The van der Waals surface area contributed by atoms with E-state index in [1.807, 2.05) is 11.9 Å². The minimum Gasteiger partial charge on any atom is -0.325 e. The van der Waals surface area contributed by atoms with E-state index in [-0.39, 0.29) is 40.7 Å². The predicted octanol–water partition coefficient (Wildman–Crippen LogP) is 6.13. The van der Waals surface area contributed by atoms with Crippen molar-refractivity contribution < 1.29 is 18.4 Å². The summed E-state index contributed by atoms with van der Waals surface area (Å²) in [6, 6.07) is 8.46. The lowest BCUT2D eigenvalue weighted by Crippen LogP contribution is -2.49. The highest BCUT2D eigenvalue weighted by Gasteiger charge is 2.66. The molecule has 3 aliphatic heterocycles. The molecule has 5 nitrogen and oxygen atoms in total. The Morgan fingerprint density at radius 1 is 1.21 bits per heavy atom. The van der Waals surface area contributed by atoms with Crippen LogP contribution in [-0.4, -0.2) is 55.0 Å². The second-order valence-electron chi connectivity index (χ2n) is 12.6. The Bertz CT molecular complexity index is 1300. The van der Waals surface area contributed by atoms with Crippen molar-refractivity contribution in [3.8, 4) is 0 Å².